The molecule has 0 aromatic heterocycles. The number of hydrogen-bond donors (Lipinski definition) is 1. The number of sulfone groups is 1. The molecule has 1 N–H and O–H groups in total. The van der Waals surface area contributed by atoms with Crippen LogP contribution >= 0.6 is 0 Å². The molecule has 3 aromatic rings. The third-order valence-corrected chi connectivity index (χ3v) is 9.53. The van der Waals surface area contributed by atoms with Crippen LogP contribution in [0.4, 0.5) is 0 Å². The van der Waals surface area contributed by atoms with Gasteiger partial charge in [-0.1, -0.05) is 66.7 Å². The van der Waals surface area contributed by atoms with Crippen molar-refractivity contribution in [2.24, 2.45) is 0 Å². The zero-order chi connectivity index (χ0) is 29.7. The highest BCUT2D eigenvalue weighted by Crippen LogP contribution is 2.22. The second-order valence-electron chi connectivity index (χ2n) is 11.2. The number of nitrogens with one attached hydrogen (secondary N) is 1. The first kappa shape index (κ1) is 29.7. The molecule has 1 atom stereocenters. The van der Waals surface area contributed by atoms with E-state index in [1.807, 2.05) is 60.4 Å². The summed E-state index contributed by atoms with van der Waals surface area (Å²) in [6.45, 7) is 5.30. The largest absolute Gasteiger partial charge is 0.345 e. The van der Waals surface area contributed by atoms with Gasteiger partial charge in [0.2, 0.25) is 5.91 Å². The number of carbonyl (C=O) groups excluding carboxylic acids is 2. The molecule has 1 saturated heterocycles. The lowest BCUT2D eigenvalue weighted by Crippen LogP contribution is -2.48. The van der Waals surface area contributed by atoms with E-state index in [9.17, 15) is 18.0 Å². The SMILES string of the molecule is CCN(C(=O)Cc1ccc(S(C)(=O)=O)cc1)C1CCN(CCC(NC(=O)C2=c3ccccc3=C2)c2ccccc2)CC1. The second-order valence-corrected chi connectivity index (χ2v) is 13.2. The molecule has 3 aromatic carbocycles. The highest BCUT2D eigenvalue weighted by atomic mass is 32.2. The maximum Gasteiger partial charge on any atom is 0.252 e. The molecular formula is C34H39N3O4S. The molecule has 1 aliphatic heterocycles. The Bertz CT molecular complexity index is 1640. The van der Waals surface area contributed by atoms with Gasteiger partial charge in [0.25, 0.3) is 5.91 Å². The van der Waals surface area contributed by atoms with Crippen molar-refractivity contribution in [1.82, 2.24) is 15.1 Å². The molecule has 1 fully saturated rings. The van der Waals surface area contributed by atoms with Crippen molar-refractivity contribution < 1.29 is 18.0 Å². The molecular weight excluding hydrogens is 546 g/mol. The van der Waals surface area contributed by atoms with Crippen LogP contribution in [0.25, 0.3) is 11.6 Å². The number of amides is 2. The van der Waals surface area contributed by atoms with Crippen LogP contribution in [0.15, 0.2) is 83.8 Å². The Morgan fingerprint density at radius 2 is 1.62 bits per heavy atom. The second kappa shape index (κ2) is 13.0. The van der Waals surface area contributed by atoms with E-state index in [1.54, 1.807) is 24.3 Å². The van der Waals surface area contributed by atoms with Gasteiger partial charge in [-0.2, -0.15) is 0 Å². The number of likely N-dealkylation sites (tertiary alicyclic amines) is 1. The smallest absolute Gasteiger partial charge is 0.252 e. The summed E-state index contributed by atoms with van der Waals surface area (Å²) >= 11 is 0. The van der Waals surface area contributed by atoms with E-state index >= 15 is 0 Å². The minimum absolute atomic E-state index is 0.0377. The topological polar surface area (TPSA) is 86.8 Å². The van der Waals surface area contributed by atoms with E-state index in [0.717, 1.165) is 66.0 Å². The Kier molecular flexibility index (Phi) is 9.24. The first-order valence-corrected chi connectivity index (χ1v) is 16.6. The van der Waals surface area contributed by atoms with Crippen LogP contribution in [0.3, 0.4) is 0 Å². The summed E-state index contributed by atoms with van der Waals surface area (Å²) in [6, 6.07) is 24.8. The van der Waals surface area contributed by atoms with E-state index in [1.165, 1.54) is 6.26 Å². The molecule has 2 amide bonds. The minimum Gasteiger partial charge on any atom is -0.345 e. The molecule has 0 saturated carbocycles. The van der Waals surface area contributed by atoms with Crippen LogP contribution in [0, 0.1) is 0 Å². The molecule has 5 rings (SSSR count). The number of nitrogens with zero attached hydrogens (tertiary/aromatic N) is 2. The molecule has 7 nitrogen and oxygen atoms in total. The molecule has 1 heterocycles. The van der Waals surface area contributed by atoms with E-state index in [4.69, 9.17) is 0 Å². The summed E-state index contributed by atoms with van der Waals surface area (Å²) in [5.41, 5.74) is 2.66. The van der Waals surface area contributed by atoms with Gasteiger partial charge in [-0.15, -0.1) is 0 Å². The van der Waals surface area contributed by atoms with Crippen LogP contribution < -0.4 is 15.8 Å². The quantitative estimate of drug-likeness (QED) is 0.374. The van der Waals surface area contributed by atoms with Gasteiger partial charge in [0.1, 0.15) is 0 Å². The third kappa shape index (κ3) is 6.99. The molecule has 0 radical (unpaired) electrons. The third-order valence-electron chi connectivity index (χ3n) is 8.40. The van der Waals surface area contributed by atoms with Crippen molar-refractivity contribution >= 4 is 33.3 Å². The average molecular weight is 586 g/mol. The lowest BCUT2D eigenvalue weighted by atomic mass is 9.97. The molecule has 42 heavy (non-hydrogen) atoms. The number of benzene rings is 3. The van der Waals surface area contributed by atoms with Gasteiger partial charge in [-0.05, 0) is 66.0 Å². The first-order chi connectivity index (χ1) is 20.2. The summed E-state index contributed by atoms with van der Waals surface area (Å²) in [7, 11) is -3.26. The fraction of sp³-hybridized carbons (Fsp3) is 0.353. The highest BCUT2D eigenvalue weighted by Gasteiger charge is 2.28. The normalized spacial score (nSPS) is 16.1. The van der Waals surface area contributed by atoms with Gasteiger partial charge in [0, 0.05) is 44.0 Å². The minimum atomic E-state index is -3.26. The number of carbonyl (C=O) groups is 2. The van der Waals surface area contributed by atoms with Crippen LogP contribution in [-0.4, -0.2) is 68.5 Å². The van der Waals surface area contributed by atoms with Gasteiger partial charge < -0.3 is 15.1 Å². The lowest BCUT2D eigenvalue weighted by molar-refractivity contribution is -0.133. The summed E-state index contributed by atoms with van der Waals surface area (Å²) in [5, 5.41) is 5.39. The fourth-order valence-corrected chi connectivity index (χ4v) is 6.62. The Balaban J connectivity index is 1.15. The van der Waals surface area contributed by atoms with E-state index < -0.39 is 9.84 Å². The van der Waals surface area contributed by atoms with Gasteiger partial charge in [-0.3, -0.25) is 9.59 Å². The number of piperidine rings is 1. The van der Waals surface area contributed by atoms with E-state index in [0.29, 0.717) is 6.54 Å². The maximum absolute atomic E-state index is 13.2. The monoisotopic (exact) mass is 585 g/mol. The van der Waals surface area contributed by atoms with Crippen molar-refractivity contribution in [2.75, 3.05) is 32.4 Å². The van der Waals surface area contributed by atoms with Crippen molar-refractivity contribution in [3.05, 3.63) is 100 Å². The van der Waals surface area contributed by atoms with Crippen LogP contribution in [-0.2, 0) is 25.8 Å². The van der Waals surface area contributed by atoms with Crippen LogP contribution in [0.2, 0.25) is 0 Å². The highest BCUT2D eigenvalue weighted by molar-refractivity contribution is 7.90. The van der Waals surface area contributed by atoms with E-state index in [-0.39, 0.29) is 35.2 Å². The number of rotatable bonds is 11. The number of fused-ring (bicyclic) bond motifs is 1. The van der Waals surface area contributed by atoms with Crippen molar-refractivity contribution in [3.63, 3.8) is 0 Å². The van der Waals surface area contributed by atoms with Gasteiger partial charge in [-0.25, -0.2) is 8.42 Å². The summed E-state index contributed by atoms with van der Waals surface area (Å²) in [6.07, 6.45) is 6.00. The lowest BCUT2D eigenvalue weighted by Gasteiger charge is -2.38. The Labute approximate surface area is 248 Å². The molecule has 220 valence electrons. The standard InChI is InChI=1S/C34H39N3O4S/c1-3-37(33(38)23-25-13-15-29(16-14-25)42(2,40)41)28-17-20-36(21-18-28)22-19-32(26-9-5-4-6-10-26)35-34(39)31-24-27-11-7-8-12-30(27)31/h4-16,24,28,32H,3,17-23H2,1-2H3,(H,35,39). The van der Waals surface area contributed by atoms with E-state index in [2.05, 4.69) is 22.3 Å². The molecule has 8 heteroatoms. The van der Waals surface area contributed by atoms with Crippen molar-refractivity contribution in [1.29, 1.82) is 0 Å². The predicted molar refractivity (Wildman–Crippen MR) is 166 cm³/mol. The number of likely N-dealkylation sites (N-methyl/N-ethyl adjacent to an activating group) is 1. The molecule has 1 aliphatic carbocycles. The van der Waals surface area contributed by atoms with Gasteiger partial charge in [0.05, 0.1) is 17.4 Å². The Hall–Kier alpha value is -3.75. The van der Waals surface area contributed by atoms with Crippen LogP contribution in [0.1, 0.15) is 43.4 Å². The summed E-state index contributed by atoms with van der Waals surface area (Å²) in [5.74, 6) is 0.0334. The number of hydrogen-bond acceptors (Lipinski definition) is 5. The zero-order valence-electron chi connectivity index (χ0n) is 24.3. The molecule has 0 spiro atoms. The predicted octanol–water partition coefficient (Wildman–Crippen LogP) is 2.84. The zero-order valence-corrected chi connectivity index (χ0v) is 25.1. The van der Waals surface area contributed by atoms with Crippen LogP contribution in [0.5, 0.6) is 0 Å². The summed E-state index contributed by atoms with van der Waals surface area (Å²) in [4.78, 5) is 31.0. The molecule has 1 unspecified atom stereocenters. The van der Waals surface area contributed by atoms with Crippen molar-refractivity contribution in [2.45, 2.75) is 49.6 Å². The molecule has 0 bridgehead atoms. The molecule has 2 aliphatic rings. The Morgan fingerprint density at radius 3 is 2.26 bits per heavy atom. The summed E-state index contributed by atoms with van der Waals surface area (Å²) < 4.78 is 23.5. The first-order valence-electron chi connectivity index (χ1n) is 14.7. The van der Waals surface area contributed by atoms with Gasteiger partial charge >= 0.3 is 0 Å². The fourth-order valence-electron chi connectivity index (χ4n) is 5.99. The Morgan fingerprint density at radius 1 is 0.952 bits per heavy atom. The maximum atomic E-state index is 13.2. The average Bonchev–Trinajstić information content (AvgIpc) is 2.97. The van der Waals surface area contributed by atoms with Gasteiger partial charge in [0.15, 0.2) is 9.84 Å². The van der Waals surface area contributed by atoms with Crippen molar-refractivity contribution in [3.8, 4) is 0 Å².